The predicted octanol–water partition coefficient (Wildman–Crippen LogP) is 9.86. The van der Waals surface area contributed by atoms with E-state index in [2.05, 4.69) is 6.92 Å². The zero-order valence-corrected chi connectivity index (χ0v) is 23.7. The molecular formula is C33H45F3O3. The molecule has 1 aliphatic carbocycles. The molecule has 216 valence electrons. The molecule has 6 heteroatoms. The third-order valence-electron chi connectivity index (χ3n) is 7.77. The van der Waals surface area contributed by atoms with E-state index in [1.165, 1.54) is 31.7 Å². The second-order valence-electron chi connectivity index (χ2n) is 10.9. The zero-order valence-electron chi connectivity index (χ0n) is 23.7. The molecule has 0 heterocycles. The van der Waals surface area contributed by atoms with Gasteiger partial charge in [0.1, 0.15) is 6.10 Å². The Balaban J connectivity index is 1.47. The fourth-order valence-electron chi connectivity index (χ4n) is 5.30. The van der Waals surface area contributed by atoms with Crippen LogP contribution in [0.5, 0.6) is 5.75 Å². The molecule has 1 aliphatic rings. The Morgan fingerprint density at radius 1 is 0.821 bits per heavy atom. The van der Waals surface area contributed by atoms with Crippen LogP contribution in [0.1, 0.15) is 115 Å². The Hall–Kier alpha value is -2.50. The number of halogens is 3. The van der Waals surface area contributed by atoms with Crippen molar-refractivity contribution < 1.29 is 27.4 Å². The van der Waals surface area contributed by atoms with Crippen LogP contribution in [0.2, 0.25) is 0 Å². The first-order valence-electron chi connectivity index (χ1n) is 15.0. The SMILES string of the molecule is CCCCCCCCCOc1ccc(-c2ccc([C@H]3CC[C@H](OC(=O)[C@@H](F)CCCC)CC3)cc2)c(F)c1F. The van der Waals surface area contributed by atoms with Crippen LogP contribution in [-0.2, 0) is 9.53 Å². The topological polar surface area (TPSA) is 35.5 Å². The van der Waals surface area contributed by atoms with Gasteiger partial charge in [-0.2, -0.15) is 4.39 Å². The van der Waals surface area contributed by atoms with Crippen LogP contribution in [0.3, 0.4) is 0 Å². The van der Waals surface area contributed by atoms with Gasteiger partial charge >= 0.3 is 5.97 Å². The predicted molar refractivity (Wildman–Crippen MR) is 151 cm³/mol. The van der Waals surface area contributed by atoms with Gasteiger partial charge in [-0.1, -0.05) is 89.5 Å². The van der Waals surface area contributed by atoms with Gasteiger partial charge in [-0.15, -0.1) is 0 Å². The van der Waals surface area contributed by atoms with Gasteiger partial charge in [0.05, 0.1) is 6.61 Å². The number of benzene rings is 2. The molecule has 0 aliphatic heterocycles. The average molecular weight is 547 g/mol. The van der Waals surface area contributed by atoms with Crippen LogP contribution in [-0.4, -0.2) is 24.9 Å². The van der Waals surface area contributed by atoms with Crippen LogP contribution in [0.25, 0.3) is 11.1 Å². The third-order valence-corrected chi connectivity index (χ3v) is 7.77. The number of unbranched alkanes of at least 4 members (excludes halogenated alkanes) is 7. The highest BCUT2D eigenvalue weighted by atomic mass is 19.2. The minimum absolute atomic E-state index is 0.0410. The standard InChI is InChI=1S/C33H45F3O3/c1-3-5-7-8-9-10-11-23-38-30-22-21-28(31(35)32(30)36)26-15-13-24(14-16-26)25-17-19-27(20-18-25)39-33(37)29(34)12-6-4-2/h13-16,21-22,25,27,29H,3-12,17-20,23H2,1-2H3/t25-,27-,29-/m0/s1. The summed E-state index contributed by atoms with van der Waals surface area (Å²) in [6.07, 6.45) is 11.0. The molecule has 0 saturated heterocycles. The highest BCUT2D eigenvalue weighted by Gasteiger charge is 2.28. The summed E-state index contributed by atoms with van der Waals surface area (Å²) >= 11 is 0. The Labute approximate surface area is 232 Å². The molecule has 0 amide bonds. The van der Waals surface area contributed by atoms with E-state index in [0.717, 1.165) is 44.1 Å². The van der Waals surface area contributed by atoms with E-state index < -0.39 is 23.8 Å². The first-order chi connectivity index (χ1) is 18.9. The molecule has 0 aromatic heterocycles. The molecule has 0 unspecified atom stereocenters. The Morgan fingerprint density at radius 3 is 2.13 bits per heavy atom. The maximum absolute atomic E-state index is 14.9. The number of hydrogen-bond donors (Lipinski definition) is 0. The van der Waals surface area contributed by atoms with E-state index in [4.69, 9.17) is 9.47 Å². The minimum atomic E-state index is -1.54. The summed E-state index contributed by atoms with van der Waals surface area (Å²) in [6.45, 7) is 4.54. The largest absolute Gasteiger partial charge is 0.490 e. The van der Waals surface area contributed by atoms with Crippen molar-refractivity contribution in [3.63, 3.8) is 0 Å². The second kappa shape index (κ2) is 16.6. The van der Waals surface area contributed by atoms with Gasteiger partial charge in [0, 0.05) is 5.56 Å². The lowest BCUT2D eigenvalue weighted by Crippen LogP contribution is -2.28. The third kappa shape index (κ3) is 9.58. The number of hydrogen-bond acceptors (Lipinski definition) is 3. The molecule has 3 rings (SSSR count). The Morgan fingerprint density at radius 2 is 1.46 bits per heavy atom. The summed E-state index contributed by atoms with van der Waals surface area (Å²) in [5, 5.41) is 0. The molecule has 0 radical (unpaired) electrons. The van der Waals surface area contributed by atoms with E-state index in [-0.39, 0.29) is 23.8 Å². The van der Waals surface area contributed by atoms with Crippen LogP contribution in [0.15, 0.2) is 36.4 Å². The van der Waals surface area contributed by atoms with Crippen molar-refractivity contribution >= 4 is 5.97 Å². The monoisotopic (exact) mass is 546 g/mol. The van der Waals surface area contributed by atoms with Crippen molar-refractivity contribution in [2.45, 2.75) is 122 Å². The maximum atomic E-state index is 14.9. The zero-order chi connectivity index (χ0) is 28.0. The van der Waals surface area contributed by atoms with Crippen molar-refractivity contribution in [1.82, 2.24) is 0 Å². The molecule has 3 nitrogen and oxygen atoms in total. The van der Waals surface area contributed by atoms with E-state index in [0.29, 0.717) is 37.4 Å². The maximum Gasteiger partial charge on any atom is 0.340 e. The summed E-state index contributed by atoms with van der Waals surface area (Å²) in [4.78, 5) is 12.0. The van der Waals surface area contributed by atoms with E-state index in [9.17, 15) is 18.0 Å². The fourth-order valence-corrected chi connectivity index (χ4v) is 5.30. The molecule has 1 fully saturated rings. The average Bonchev–Trinajstić information content (AvgIpc) is 2.96. The molecule has 0 N–H and O–H groups in total. The Bertz CT molecular complexity index is 1000. The van der Waals surface area contributed by atoms with E-state index in [1.54, 1.807) is 6.07 Å². The molecular weight excluding hydrogens is 501 g/mol. The van der Waals surface area contributed by atoms with Gasteiger partial charge in [-0.25, -0.2) is 13.6 Å². The summed E-state index contributed by atoms with van der Waals surface area (Å²) in [5.41, 5.74) is 1.93. The van der Waals surface area contributed by atoms with Crippen LogP contribution in [0.4, 0.5) is 13.2 Å². The number of alkyl halides is 1. The summed E-state index contributed by atoms with van der Waals surface area (Å²) in [6, 6.07) is 10.6. The molecule has 2 aromatic rings. The summed E-state index contributed by atoms with van der Waals surface area (Å²) in [5.74, 6) is -2.33. The quantitative estimate of drug-likeness (QED) is 0.155. The number of esters is 1. The first kappa shape index (κ1) is 31.0. The second-order valence-corrected chi connectivity index (χ2v) is 10.9. The van der Waals surface area contributed by atoms with Gasteiger partial charge < -0.3 is 9.47 Å². The lowest BCUT2D eigenvalue weighted by atomic mass is 9.82. The van der Waals surface area contributed by atoms with Crippen LogP contribution < -0.4 is 4.74 Å². The Kier molecular flexibility index (Phi) is 13.2. The van der Waals surface area contributed by atoms with Crippen LogP contribution in [0, 0.1) is 11.6 Å². The first-order valence-corrected chi connectivity index (χ1v) is 15.0. The van der Waals surface area contributed by atoms with Crippen molar-refractivity contribution in [1.29, 1.82) is 0 Å². The minimum Gasteiger partial charge on any atom is -0.490 e. The van der Waals surface area contributed by atoms with E-state index in [1.807, 2.05) is 31.2 Å². The van der Waals surface area contributed by atoms with Crippen LogP contribution >= 0.6 is 0 Å². The number of carbonyl (C=O) groups excluding carboxylic acids is 1. The van der Waals surface area contributed by atoms with Gasteiger partial charge in [-0.05, 0) is 67.7 Å². The lowest BCUT2D eigenvalue weighted by molar-refractivity contribution is -0.157. The number of rotatable bonds is 16. The fraction of sp³-hybridized carbons (Fsp3) is 0.606. The smallest absolute Gasteiger partial charge is 0.340 e. The normalized spacial score (nSPS) is 18.1. The molecule has 1 saturated carbocycles. The summed E-state index contributed by atoms with van der Waals surface area (Å²) < 4.78 is 54.5. The molecule has 0 spiro atoms. The highest BCUT2D eigenvalue weighted by Crippen LogP contribution is 2.36. The summed E-state index contributed by atoms with van der Waals surface area (Å²) in [7, 11) is 0. The van der Waals surface area contributed by atoms with Crippen molar-refractivity contribution in [3.05, 3.63) is 53.6 Å². The molecule has 0 bridgehead atoms. The van der Waals surface area contributed by atoms with Gasteiger partial charge in [0.25, 0.3) is 0 Å². The van der Waals surface area contributed by atoms with Crippen molar-refractivity contribution in [2.75, 3.05) is 6.61 Å². The van der Waals surface area contributed by atoms with Gasteiger partial charge in [-0.3, -0.25) is 0 Å². The molecule has 2 aromatic carbocycles. The molecule has 39 heavy (non-hydrogen) atoms. The van der Waals surface area contributed by atoms with Crippen molar-refractivity contribution in [2.24, 2.45) is 0 Å². The number of carbonyl (C=O) groups is 1. The van der Waals surface area contributed by atoms with E-state index >= 15 is 0 Å². The van der Waals surface area contributed by atoms with Gasteiger partial charge in [0.2, 0.25) is 5.82 Å². The highest BCUT2D eigenvalue weighted by molar-refractivity contribution is 5.74. The van der Waals surface area contributed by atoms with Gasteiger partial charge in [0.15, 0.2) is 17.7 Å². The lowest BCUT2D eigenvalue weighted by Gasteiger charge is -2.29. The molecule has 1 atom stereocenters. The van der Waals surface area contributed by atoms with Crippen molar-refractivity contribution in [3.8, 4) is 16.9 Å². The number of ether oxygens (including phenoxy) is 2.